The maximum absolute atomic E-state index is 4.79. The van der Waals surface area contributed by atoms with Crippen molar-refractivity contribution in [3.8, 4) is 11.3 Å². The maximum atomic E-state index is 4.79. The molecule has 0 atom stereocenters. The van der Waals surface area contributed by atoms with Gasteiger partial charge in [-0.25, -0.2) is 4.98 Å². The number of nitrogens with zero attached hydrogens (tertiary/aromatic N) is 3. The molecule has 3 heterocycles. The number of anilines is 1. The predicted octanol–water partition coefficient (Wildman–Crippen LogP) is 6.16. The molecule has 1 fully saturated rings. The largest absolute Gasteiger partial charge is 0.372 e. The molecule has 0 amide bonds. The van der Waals surface area contributed by atoms with Crippen molar-refractivity contribution in [1.29, 1.82) is 0 Å². The van der Waals surface area contributed by atoms with Crippen molar-refractivity contribution in [2.75, 3.05) is 18.0 Å². The van der Waals surface area contributed by atoms with Crippen molar-refractivity contribution in [2.45, 2.75) is 19.3 Å². The molecule has 3 nitrogen and oxygen atoms in total. The third kappa shape index (κ3) is 3.95. The Hall–Kier alpha value is -3.33. The zero-order valence-electron chi connectivity index (χ0n) is 16.5. The summed E-state index contributed by atoms with van der Waals surface area (Å²) in [7, 11) is 0. The summed E-state index contributed by atoms with van der Waals surface area (Å²) < 4.78 is 2.08. The minimum atomic E-state index is 0.964. The van der Waals surface area contributed by atoms with Crippen LogP contribution in [0.2, 0.25) is 0 Å². The molecule has 1 aliphatic heterocycles. The molecule has 0 N–H and O–H groups in total. The molecule has 2 aromatic carbocycles. The Morgan fingerprint density at radius 2 is 1.52 bits per heavy atom. The highest BCUT2D eigenvalue weighted by Crippen LogP contribution is 2.22. The molecule has 0 unspecified atom stereocenters. The lowest BCUT2D eigenvalue weighted by molar-refractivity contribution is 0.578. The van der Waals surface area contributed by atoms with E-state index in [4.69, 9.17) is 4.98 Å². The summed E-state index contributed by atoms with van der Waals surface area (Å²) >= 11 is 0. The molecule has 0 saturated carbocycles. The van der Waals surface area contributed by atoms with Crippen LogP contribution in [0.3, 0.4) is 0 Å². The van der Waals surface area contributed by atoms with Crippen LogP contribution in [0.5, 0.6) is 0 Å². The van der Waals surface area contributed by atoms with Crippen LogP contribution in [-0.4, -0.2) is 22.5 Å². The molecule has 144 valence electrons. The van der Waals surface area contributed by atoms with Crippen LogP contribution in [-0.2, 0) is 0 Å². The van der Waals surface area contributed by atoms with Crippen LogP contribution < -0.4 is 4.90 Å². The normalized spacial score (nSPS) is 14.7. The Bertz CT molecular complexity index is 1120. The van der Waals surface area contributed by atoms with Crippen LogP contribution >= 0.6 is 0 Å². The van der Waals surface area contributed by atoms with Gasteiger partial charge in [-0.2, -0.15) is 0 Å². The van der Waals surface area contributed by atoms with Gasteiger partial charge < -0.3 is 9.30 Å². The zero-order chi connectivity index (χ0) is 19.5. The SMILES string of the molecule is C(=C\c1ccn2cc(-c3ccccc3)nc2c1)/c1ccc(N2CCCCC2)cc1. The van der Waals surface area contributed by atoms with Crippen molar-refractivity contribution >= 4 is 23.5 Å². The summed E-state index contributed by atoms with van der Waals surface area (Å²) in [5, 5.41) is 0. The van der Waals surface area contributed by atoms with E-state index in [0.717, 1.165) is 22.5 Å². The van der Waals surface area contributed by atoms with Gasteiger partial charge in [0.25, 0.3) is 0 Å². The van der Waals surface area contributed by atoms with Gasteiger partial charge in [-0.05, 0) is 54.7 Å². The summed E-state index contributed by atoms with van der Waals surface area (Å²) in [6, 6.07) is 23.5. The minimum Gasteiger partial charge on any atom is -0.372 e. The van der Waals surface area contributed by atoms with E-state index in [1.165, 1.54) is 43.6 Å². The molecule has 1 saturated heterocycles. The summed E-state index contributed by atoms with van der Waals surface area (Å²) in [6.07, 6.45) is 12.5. The second-order valence-corrected chi connectivity index (χ2v) is 7.69. The van der Waals surface area contributed by atoms with Gasteiger partial charge in [0.2, 0.25) is 0 Å². The van der Waals surface area contributed by atoms with Crippen molar-refractivity contribution in [1.82, 2.24) is 9.38 Å². The second-order valence-electron chi connectivity index (χ2n) is 7.69. The molecule has 5 rings (SSSR count). The zero-order valence-corrected chi connectivity index (χ0v) is 16.5. The van der Waals surface area contributed by atoms with Crippen molar-refractivity contribution in [3.05, 3.63) is 90.3 Å². The number of hydrogen-bond donors (Lipinski definition) is 0. The molecule has 0 radical (unpaired) electrons. The first-order valence-corrected chi connectivity index (χ1v) is 10.4. The number of pyridine rings is 1. The van der Waals surface area contributed by atoms with E-state index in [0.29, 0.717) is 0 Å². The highest BCUT2D eigenvalue weighted by atomic mass is 15.1. The van der Waals surface area contributed by atoms with Crippen LogP contribution in [0.25, 0.3) is 29.1 Å². The fourth-order valence-corrected chi connectivity index (χ4v) is 3.99. The minimum absolute atomic E-state index is 0.964. The van der Waals surface area contributed by atoms with E-state index in [1.54, 1.807) is 0 Å². The highest BCUT2D eigenvalue weighted by Gasteiger charge is 2.10. The fraction of sp³-hybridized carbons (Fsp3) is 0.192. The molecule has 4 aromatic rings. The molecule has 2 aromatic heterocycles. The molecule has 0 bridgehead atoms. The number of imidazole rings is 1. The van der Waals surface area contributed by atoms with Gasteiger partial charge in [0.15, 0.2) is 0 Å². The van der Waals surface area contributed by atoms with Gasteiger partial charge in [-0.15, -0.1) is 0 Å². The number of fused-ring (bicyclic) bond motifs is 1. The molecule has 1 aliphatic rings. The van der Waals surface area contributed by atoms with Gasteiger partial charge in [-0.3, -0.25) is 0 Å². The number of aromatic nitrogens is 2. The topological polar surface area (TPSA) is 20.5 Å². The average Bonchev–Trinajstić information content (AvgIpc) is 3.23. The van der Waals surface area contributed by atoms with Gasteiger partial charge in [0.1, 0.15) is 5.65 Å². The van der Waals surface area contributed by atoms with E-state index >= 15 is 0 Å². The summed E-state index contributed by atoms with van der Waals surface area (Å²) in [5.74, 6) is 0. The fourth-order valence-electron chi connectivity index (χ4n) is 3.99. The molecule has 29 heavy (non-hydrogen) atoms. The average molecular weight is 380 g/mol. The van der Waals surface area contributed by atoms with E-state index in [1.807, 2.05) is 18.2 Å². The first kappa shape index (κ1) is 17.7. The van der Waals surface area contributed by atoms with E-state index in [-0.39, 0.29) is 0 Å². The predicted molar refractivity (Wildman–Crippen MR) is 122 cm³/mol. The Labute approximate surface area is 172 Å². The van der Waals surface area contributed by atoms with E-state index < -0.39 is 0 Å². The maximum Gasteiger partial charge on any atom is 0.138 e. The molecular weight excluding hydrogens is 354 g/mol. The summed E-state index contributed by atoms with van der Waals surface area (Å²) in [6.45, 7) is 2.37. The van der Waals surface area contributed by atoms with Crippen LogP contribution in [0, 0.1) is 0 Å². The first-order chi connectivity index (χ1) is 14.3. The third-order valence-electron chi connectivity index (χ3n) is 5.64. The molecule has 3 heteroatoms. The lowest BCUT2D eigenvalue weighted by atomic mass is 10.1. The first-order valence-electron chi connectivity index (χ1n) is 10.4. The molecule has 0 aliphatic carbocycles. The monoisotopic (exact) mass is 379 g/mol. The van der Waals surface area contributed by atoms with Gasteiger partial charge >= 0.3 is 0 Å². The van der Waals surface area contributed by atoms with Crippen molar-refractivity contribution in [3.63, 3.8) is 0 Å². The Balaban J connectivity index is 1.33. The Kier molecular flexibility index (Phi) is 4.87. The second kappa shape index (κ2) is 7.96. The highest BCUT2D eigenvalue weighted by molar-refractivity contribution is 5.72. The molecule has 0 spiro atoms. The third-order valence-corrected chi connectivity index (χ3v) is 5.64. The Morgan fingerprint density at radius 3 is 2.31 bits per heavy atom. The summed E-state index contributed by atoms with van der Waals surface area (Å²) in [5.41, 5.74) is 6.82. The van der Waals surface area contributed by atoms with Crippen molar-refractivity contribution in [2.24, 2.45) is 0 Å². The van der Waals surface area contributed by atoms with Crippen LogP contribution in [0.1, 0.15) is 30.4 Å². The lowest BCUT2D eigenvalue weighted by Gasteiger charge is -2.28. The van der Waals surface area contributed by atoms with Crippen LogP contribution in [0.15, 0.2) is 79.1 Å². The standard InChI is InChI=1S/C26H25N3/c1-3-7-23(8-4-1)25-20-29-18-15-22(19-26(29)27-25)10-9-21-11-13-24(14-12-21)28-16-5-2-6-17-28/h1,3-4,7-15,18-20H,2,5-6,16-17H2/b10-9+. The van der Waals surface area contributed by atoms with E-state index in [2.05, 4.69) is 82.4 Å². The number of benzene rings is 2. The Morgan fingerprint density at radius 1 is 0.759 bits per heavy atom. The van der Waals surface area contributed by atoms with Gasteiger partial charge in [-0.1, -0.05) is 54.6 Å². The van der Waals surface area contributed by atoms with Gasteiger partial charge in [0.05, 0.1) is 5.69 Å². The number of hydrogen-bond acceptors (Lipinski definition) is 2. The quantitative estimate of drug-likeness (QED) is 0.423. The van der Waals surface area contributed by atoms with Crippen LogP contribution in [0.4, 0.5) is 5.69 Å². The lowest BCUT2D eigenvalue weighted by Crippen LogP contribution is -2.29. The smallest absolute Gasteiger partial charge is 0.138 e. The molecular formula is C26H25N3. The summed E-state index contributed by atoms with van der Waals surface area (Å²) in [4.78, 5) is 7.28. The number of rotatable bonds is 4. The number of piperidine rings is 1. The van der Waals surface area contributed by atoms with E-state index in [9.17, 15) is 0 Å². The van der Waals surface area contributed by atoms with Gasteiger partial charge in [0, 0.05) is 36.7 Å². The van der Waals surface area contributed by atoms with Crippen molar-refractivity contribution < 1.29 is 0 Å².